The van der Waals surface area contributed by atoms with Crippen molar-refractivity contribution < 1.29 is 35.2 Å². The Labute approximate surface area is 258 Å². The molecule has 1 aliphatic rings. The van der Waals surface area contributed by atoms with Gasteiger partial charge in [-0.05, 0) is 82.3 Å². The average molecular weight is 717 g/mol. The fourth-order valence-corrected chi connectivity index (χ4v) is 10.6. The SMILES string of the molecule is CC(C)OP(=O)(OC(C)C)C1(NS(=O)(=O)c2ccc(Br)cc2)C=C(S(=O)(=O)c2ccc(Cl)cc2)C(=O)c2ccccc21. The zero-order valence-electron chi connectivity index (χ0n) is 22.9. The number of sulfone groups is 1. The van der Waals surface area contributed by atoms with E-state index in [1.165, 1.54) is 72.8 Å². The first kappa shape index (κ1) is 32.8. The fourth-order valence-electron chi connectivity index (χ4n) is 4.41. The predicted molar refractivity (Wildman–Crippen MR) is 164 cm³/mol. The summed E-state index contributed by atoms with van der Waals surface area (Å²) in [6.45, 7) is 6.29. The van der Waals surface area contributed by atoms with Crippen LogP contribution in [0, 0.1) is 0 Å². The molecule has 0 fully saturated rings. The number of sulfonamides is 1. The summed E-state index contributed by atoms with van der Waals surface area (Å²) in [4.78, 5) is 12.5. The zero-order chi connectivity index (χ0) is 31.1. The molecule has 0 bridgehead atoms. The van der Waals surface area contributed by atoms with Crippen LogP contribution in [0.5, 0.6) is 0 Å². The molecule has 0 heterocycles. The zero-order valence-corrected chi connectivity index (χ0v) is 27.8. The average Bonchev–Trinajstić information content (AvgIpc) is 2.89. The Hall–Kier alpha value is -2.15. The number of carbonyl (C=O) groups is 1. The lowest BCUT2D eigenvalue weighted by Gasteiger charge is -2.42. The maximum atomic E-state index is 15.1. The number of fused-ring (bicyclic) bond motifs is 1. The molecule has 1 unspecified atom stereocenters. The van der Waals surface area contributed by atoms with Gasteiger partial charge in [0.05, 0.1) is 22.0 Å². The number of nitrogens with one attached hydrogen (secondary N) is 1. The molecule has 9 nitrogen and oxygen atoms in total. The predicted octanol–water partition coefficient (Wildman–Crippen LogP) is 6.83. The number of carbonyl (C=O) groups excluding carboxylic acids is 1. The molecular weight excluding hydrogens is 689 g/mol. The van der Waals surface area contributed by atoms with E-state index in [9.17, 15) is 21.6 Å². The maximum Gasteiger partial charge on any atom is 0.360 e. The number of halogens is 2. The van der Waals surface area contributed by atoms with E-state index < -0.39 is 55.6 Å². The molecule has 1 atom stereocenters. The summed E-state index contributed by atoms with van der Waals surface area (Å²) in [5.41, 5.74) is -0.277. The van der Waals surface area contributed by atoms with E-state index in [-0.39, 0.29) is 25.9 Å². The molecule has 224 valence electrons. The number of ketones is 1. The molecule has 0 aliphatic heterocycles. The van der Waals surface area contributed by atoms with Gasteiger partial charge >= 0.3 is 7.60 Å². The normalized spacial score (nSPS) is 17.8. The highest BCUT2D eigenvalue weighted by molar-refractivity contribution is 9.10. The van der Waals surface area contributed by atoms with Crippen LogP contribution in [0.25, 0.3) is 0 Å². The maximum absolute atomic E-state index is 15.1. The summed E-state index contributed by atoms with van der Waals surface area (Å²) in [5, 5.41) is -2.22. The largest absolute Gasteiger partial charge is 0.360 e. The minimum Gasteiger partial charge on any atom is -0.304 e. The van der Waals surface area contributed by atoms with Crippen LogP contribution in [0.1, 0.15) is 43.6 Å². The fraction of sp³-hybridized carbons (Fsp3) is 0.250. The van der Waals surface area contributed by atoms with E-state index in [0.29, 0.717) is 4.47 Å². The highest BCUT2D eigenvalue weighted by Gasteiger charge is 2.59. The quantitative estimate of drug-likeness (QED) is 0.226. The first-order valence-corrected chi connectivity index (χ1v) is 18.3. The van der Waals surface area contributed by atoms with E-state index in [2.05, 4.69) is 20.7 Å². The van der Waals surface area contributed by atoms with E-state index in [0.717, 1.165) is 6.08 Å². The van der Waals surface area contributed by atoms with Gasteiger partial charge in [0.15, 0.2) is 5.28 Å². The van der Waals surface area contributed by atoms with Gasteiger partial charge in [-0.15, -0.1) is 0 Å². The third-order valence-electron chi connectivity index (χ3n) is 6.10. The van der Waals surface area contributed by atoms with Gasteiger partial charge in [-0.25, -0.2) is 16.8 Å². The molecule has 0 radical (unpaired) electrons. The molecular formula is C28H28BrClNO8PS2. The number of benzene rings is 3. The van der Waals surface area contributed by atoms with E-state index in [4.69, 9.17) is 20.6 Å². The molecule has 0 saturated heterocycles. The topological polar surface area (TPSA) is 133 Å². The Balaban J connectivity index is 2.13. The van der Waals surface area contributed by atoms with Crippen LogP contribution >= 0.6 is 35.1 Å². The second kappa shape index (κ2) is 12.1. The number of Topliss-reactive ketones (excluding diaryl/α,β-unsaturated/α-hetero) is 1. The molecule has 1 N–H and O–H groups in total. The van der Waals surface area contributed by atoms with Crippen LogP contribution in [0.4, 0.5) is 0 Å². The summed E-state index contributed by atoms with van der Waals surface area (Å²) >= 11 is 9.23. The lowest BCUT2D eigenvalue weighted by Crippen LogP contribution is -2.49. The van der Waals surface area contributed by atoms with Crippen molar-refractivity contribution in [3.05, 3.63) is 104 Å². The number of hydrogen-bond donors (Lipinski definition) is 1. The standard InChI is InChI=1S/C28H28BrClNO8PS2/c1-18(2)38-40(33,39-19(3)4)28(31-42(36,37)23-13-9-20(29)10-14-23)17-26(27(32)24-7-5-6-8-25(24)28)41(34,35)22-15-11-21(30)12-16-22/h5-19,31H,1-4H3. The van der Waals surface area contributed by atoms with E-state index >= 15 is 4.57 Å². The van der Waals surface area contributed by atoms with Gasteiger partial charge < -0.3 is 9.05 Å². The van der Waals surface area contributed by atoms with Crippen molar-refractivity contribution in [1.82, 2.24) is 4.72 Å². The number of allylic oxidation sites excluding steroid dienone is 1. The second-order valence-electron chi connectivity index (χ2n) is 9.97. The Morgan fingerprint density at radius 2 is 1.36 bits per heavy atom. The van der Waals surface area contributed by atoms with Crippen molar-refractivity contribution in [2.75, 3.05) is 0 Å². The Morgan fingerprint density at radius 1 is 0.833 bits per heavy atom. The molecule has 4 rings (SSSR count). The van der Waals surface area contributed by atoms with Gasteiger partial charge in [0.2, 0.25) is 25.6 Å². The van der Waals surface area contributed by atoms with Gasteiger partial charge in [-0.2, -0.15) is 4.72 Å². The summed E-state index contributed by atoms with van der Waals surface area (Å²) in [7, 11) is -13.9. The van der Waals surface area contributed by atoms with Gasteiger partial charge in [0.1, 0.15) is 4.91 Å². The van der Waals surface area contributed by atoms with Crippen molar-refractivity contribution in [2.24, 2.45) is 0 Å². The van der Waals surface area contributed by atoms with Crippen molar-refractivity contribution in [2.45, 2.75) is 55.0 Å². The molecule has 0 amide bonds. The third kappa shape index (κ3) is 6.23. The monoisotopic (exact) mass is 715 g/mol. The smallest absolute Gasteiger partial charge is 0.304 e. The van der Waals surface area contributed by atoms with Crippen molar-refractivity contribution >= 4 is 60.8 Å². The molecule has 0 spiro atoms. The minimum absolute atomic E-state index is 0.0876. The van der Waals surface area contributed by atoms with Crippen molar-refractivity contribution in [1.29, 1.82) is 0 Å². The van der Waals surface area contributed by atoms with Crippen molar-refractivity contribution in [3.63, 3.8) is 0 Å². The second-order valence-corrected chi connectivity index (χ2v) is 17.0. The third-order valence-corrected chi connectivity index (χ3v) is 13.0. The number of hydrogen-bond acceptors (Lipinski definition) is 8. The first-order chi connectivity index (χ1) is 19.5. The van der Waals surface area contributed by atoms with Crippen LogP contribution in [0.3, 0.4) is 0 Å². The summed E-state index contributed by atoms with van der Waals surface area (Å²) in [5.74, 6) is -0.917. The molecule has 3 aromatic carbocycles. The van der Waals surface area contributed by atoms with E-state index in [1.54, 1.807) is 27.7 Å². The van der Waals surface area contributed by atoms with Gasteiger partial charge in [0, 0.05) is 20.6 Å². The highest BCUT2D eigenvalue weighted by atomic mass is 79.9. The molecule has 1 aliphatic carbocycles. The Kier molecular flexibility index (Phi) is 9.43. The molecule has 0 saturated carbocycles. The van der Waals surface area contributed by atoms with E-state index in [1.807, 2.05) is 0 Å². The van der Waals surface area contributed by atoms with Crippen LogP contribution in [-0.4, -0.2) is 34.8 Å². The minimum atomic E-state index is -4.74. The summed E-state index contributed by atoms with van der Waals surface area (Å²) in [6, 6.07) is 16.5. The van der Waals surface area contributed by atoms with Crippen LogP contribution in [-0.2, 0) is 38.8 Å². The molecule has 42 heavy (non-hydrogen) atoms. The first-order valence-electron chi connectivity index (χ1n) is 12.7. The molecule has 3 aromatic rings. The lowest BCUT2D eigenvalue weighted by molar-refractivity contribution is 0.103. The number of rotatable bonds is 10. The van der Waals surface area contributed by atoms with Crippen LogP contribution in [0.15, 0.2) is 98.0 Å². The summed E-state index contributed by atoms with van der Waals surface area (Å²) < 4.78 is 85.8. The van der Waals surface area contributed by atoms with Gasteiger partial charge in [-0.3, -0.25) is 9.36 Å². The Bertz CT molecular complexity index is 1790. The van der Waals surface area contributed by atoms with Gasteiger partial charge in [-0.1, -0.05) is 51.8 Å². The van der Waals surface area contributed by atoms with Gasteiger partial charge in [0.25, 0.3) is 0 Å². The summed E-state index contributed by atoms with van der Waals surface area (Å²) in [6.07, 6.45) is -0.680. The molecule has 0 aromatic heterocycles. The van der Waals surface area contributed by atoms with Crippen LogP contribution < -0.4 is 4.72 Å². The highest BCUT2D eigenvalue weighted by Crippen LogP contribution is 2.68. The molecule has 14 heteroatoms. The lowest BCUT2D eigenvalue weighted by atomic mass is 9.92. The Morgan fingerprint density at radius 3 is 1.90 bits per heavy atom. The van der Waals surface area contributed by atoms with Crippen molar-refractivity contribution in [3.8, 4) is 0 Å². The van der Waals surface area contributed by atoms with Crippen LogP contribution in [0.2, 0.25) is 5.02 Å².